The minimum absolute atomic E-state index is 1.30. The second kappa shape index (κ2) is 3.00. The van der Waals surface area contributed by atoms with E-state index in [4.69, 9.17) is 0 Å². The summed E-state index contributed by atoms with van der Waals surface area (Å²) >= 11 is 4.60. The van der Waals surface area contributed by atoms with E-state index >= 15 is 0 Å². The molecule has 1 rings (SSSR count). The van der Waals surface area contributed by atoms with Crippen LogP contribution in [0.3, 0.4) is 0 Å². The van der Waals surface area contributed by atoms with Gasteiger partial charge in [-0.15, -0.1) is 0 Å². The fourth-order valence-corrected chi connectivity index (χ4v) is 2.14. The smallest absolute Gasteiger partial charge is 0.0113 e. The van der Waals surface area contributed by atoms with E-state index < -0.39 is 0 Å². The minimum atomic E-state index is 1.30. The monoisotopic (exact) mass is 330 g/mol. The van der Waals surface area contributed by atoms with Gasteiger partial charge in [-0.05, 0) is 28.7 Å². The second-order valence-corrected chi connectivity index (χ2v) is 3.93. The molecule has 2 heteroatoms. The zero-order valence-corrected chi connectivity index (χ0v) is 8.38. The Morgan fingerprint density at radius 1 is 1.38 bits per heavy atom. The van der Waals surface area contributed by atoms with Crippen LogP contribution in [0.4, 0.5) is 0 Å². The van der Waals surface area contributed by atoms with Crippen molar-refractivity contribution in [1.29, 1.82) is 0 Å². The van der Waals surface area contributed by atoms with Crippen LogP contribution in [0, 0.1) is 7.14 Å². The normalized spacial score (nSPS) is 9.25. The number of rotatable bonds is 0. The van der Waals surface area contributed by atoms with Crippen LogP contribution in [-0.2, 0) is 0 Å². The molecule has 0 nitrogen and oxygen atoms in total. The third-order valence-corrected chi connectivity index (χ3v) is 2.13. The van der Waals surface area contributed by atoms with Crippen molar-refractivity contribution in [2.45, 2.75) is 0 Å². The van der Waals surface area contributed by atoms with Crippen LogP contribution < -0.4 is 22.6 Å². The van der Waals surface area contributed by atoms with Gasteiger partial charge in [0.2, 0.25) is 0 Å². The Labute approximate surface area is 76.0 Å². The Hall–Kier alpha value is 0.680. The molecule has 0 saturated heterocycles. The quantitative estimate of drug-likeness (QED) is 0.537. The van der Waals surface area contributed by atoms with Gasteiger partial charge < -0.3 is 22.6 Å². The molecule has 0 bridgehead atoms. The van der Waals surface area contributed by atoms with Gasteiger partial charge in [0.15, 0.2) is 0 Å². The maximum atomic E-state index is 2.30. The molecule has 0 aromatic heterocycles. The molecule has 0 amide bonds. The topological polar surface area (TPSA) is 0 Å². The zero-order chi connectivity index (χ0) is 5.98. The molecule has 0 saturated carbocycles. The molecule has 0 atom stereocenters. The Morgan fingerprint density at radius 2 is 2.12 bits per heavy atom. The molecule has 0 aliphatic carbocycles. The van der Waals surface area contributed by atoms with Crippen LogP contribution >= 0.6 is 22.6 Å². The van der Waals surface area contributed by atoms with E-state index in [9.17, 15) is 0 Å². The lowest BCUT2D eigenvalue weighted by atomic mass is 10.4. The van der Waals surface area contributed by atoms with Gasteiger partial charge in [-0.3, -0.25) is 0 Å². The van der Waals surface area contributed by atoms with E-state index in [2.05, 4.69) is 69.4 Å². The molecule has 0 aliphatic heterocycles. The van der Waals surface area contributed by atoms with E-state index in [-0.39, 0.29) is 0 Å². The summed E-state index contributed by atoms with van der Waals surface area (Å²) in [5, 5.41) is 0. The largest absolute Gasteiger partial charge is 0.758 e. The molecule has 43 valence electrons. The summed E-state index contributed by atoms with van der Waals surface area (Å²) in [5.74, 6) is 0. The SMILES string of the molecule is Ic1cccc([I-])c1. The van der Waals surface area contributed by atoms with Gasteiger partial charge in [-0.25, -0.2) is 0 Å². The van der Waals surface area contributed by atoms with Gasteiger partial charge >= 0.3 is 0 Å². The third-order valence-electron chi connectivity index (χ3n) is 0.787. The molecule has 1 aromatic rings. The third kappa shape index (κ3) is 1.89. The Balaban J connectivity index is 3.08. The van der Waals surface area contributed by atoms with Crippen molar-refractivity contribution >= 4 is 22.6 Å². The highest BCUT2D eigenvalue weighted by molar-refractivity contribution is 14.1. The van der Waals surface area contributed by atoms with Crippen molar-refractivity contribution in [3.8, 4) is 0 Å². The van der Waals surface area contributed by atoms with Gasteiger partial charge in [0, 0.05) is 3.57 Å². The molecule has 1 radical (unpaired) electrons. The first kappa shape index (κ1) is 6.80. The lowest BCUT2D eigenvalue weighted by molar-refractivity contribution is -0.328. The molecule has 0 spiro atoms. The van der Waals surface area contributed by atoms with Gasteiger partial charge in [0.1, 0.15) is 0 Å². The molecule has 0 aliphatic rings. The highest BCUT2D eigenvalue weighted by Crippen LogP contribution is 2.00. The first-order chi connectivity index (χ1) is 3.79. The highest BCUT2D eigenvalue weighted by Gasteiger charge is 1.76. The van der Waals surface area contributed by atoms with Crippen molar-refractivity contribution < 1.29 is 22.6 Å². The lowest BCUT2D eigenvalue weighted by Crippen LogP contribution is -3.34. The maximum absolute atomic E-state index is 2.30. The van der Waals surface area contributed by atoms with Gasteiger partial charge in [0.25, 0.3) is 0 Å². The van der Waals surface area contributed by atoms with Gasteiger partial charge in [0.05, 0.1) is 0 Å². The predicted octanol–water partition coefficient (Wildman–Crippen LogP) is -0.986. The molecular weight excluding hydrogens is 326 g/mol. The fraction of sp³-hybridized carbons (Fsp3) is 0. The van der Waals surface area contributed by atoms with Gasteiger partial charge in [-0.2, -0.15) is 3.57 Å². The van der Waals surface area contributed by atoms with E-state index in [1.807, 2.05) is 0 Å². The van der Waals surface area contributed by atoms with E-state index in [0.29, 0.717) is 0 Å². The Bertz CT molecular complexity index is 166. The van der Waals surface area contributed by atoms with E-state index in [1.54, 1.807) is 0 Å². The van der Waals surface area contributed by atoms with Crippen molar-refractivity contribution in [2.24, 2.45) is 0 Å². The number of hydrogen-bond acceptors (Lipinski definition) is 0. The van der Waals surface area contributed by atoms with E-state index in [0.717, 1.165) is 0 Å². The summed E-state index contributed by atoms with van der Waals surface area (Å²) in [6, 6.07) is 8.37. The van der Waals surface area contributed by atoms with Crippen LogP contribution in [0.2, 0.25) is 0 Å². The summed E-state index contributed by atoms with van der Waals surface area (Å²) in [5.41, 5.74) is 0. The highest BCUT2D eigenvalue weighted by atomic mass is 127. The molecule has 8 heavy (non-hydrogen) atoms. The first-order valence-electron chi connectivity index (χ1n) is 2.20. The van der Waals surface area contributed by atoms with E-state index in [1.165, 1.54) is 7.14 Å². The minimum Gasteiger partial charge on any atom is -0.758 e. The number of benzene rings is 1. The molecule has 1 aromatic carbocycles. The molecule has 0 heterocycles. The summed E-state index contributed by atoms with van der Waals surface area (Å²) < 4.78 is 2.60. The summed E-state index contributed by atoms with van der Waals surface area (Å²) in [6.45, 7) is 0. The Morgan fingerprint density at radius 3 is 2.50 bits per heavy atom. The van der Waals surface area contributed by atoms with Crippen LogP contribution in [0.25, 0.3) is 0 Å². The molecule has 0 fully saturated rings. The lowest BCUT2D eigenvalue weighted by Gasteiger charge is -2.02. The molecular formula is C6H4I2-. The van der Waals surface area contributed by atoms with Crippen molar-refractivity contribution in [3.05, 3.63) is 31.4 Å². The summed E-state index contributed by atoms with van der Waals surface area (Å²) in [4.78, 5) is 0. The average Bonchev–Trinajstić information content (AvgIpc) is 1.64. The number of halogens is 2. The Kier molecular flexibility index (Phi) is 2.55. The zero-order valence-electron chi connectivity index (χ0n) is 4.07. The second-order valence-electron chi connectivity index (χ2n) is 1.44. The van der Waals surface area contributed by atoms with Crippen molar-refractivity contribution in [1.82, 2.24) is 0 Å². The predicted molar refractivity (Wildman–Crippen MR) is 37.9 cm³/mol. The maximum Gasteiger partial charge on any atom is 0.0113 e. The van der Waals surface area contributed by atoms with Crippen molar-refractivity contribution in [3.63, 3.8) is 0 Å². The first-order valence-corrected chi connectivity index (χ1v) is 4.36. The van der Waals surface area contributed by atoms with Gasteiger partial charge in [-0.1, -0.05) is 18.2 Å². The van der Waals surface area contributed by atoms with Crippen LogP contribution in [0.5, 0.6) is 0 Å². The molecule has 0 unspecified atom stereocenters. The average molecular weight is 330 g/mol. The van der Waals surface area contributed by atoms with Crippen LogP contribution in [0.1, 0.15) is 0 Å². The summed E-state index contributed by atoms with van der Waals surface area (Å²) in [7, 11) is 0. The summed E-state index contributed by atoms with van der Waals surface area (Å²) in [6.07, 6.45) is 0. The fourth-order valence-electron chi connectivity index (χ4n) is 0.460. The van der Waals surface area contributed by atoms with Crippen LogP contribution in [0.15, 0.2) is 24.3 Å². The van der Waals surface area contributed by atoms with Crippen molar-refractivity contribution in [2.75, 3.05) is 0 Å². The number of hydrogen-bond donors (Lipinski definition) is 0. The standard InChI is InChI=1S/C6H4I2/c7-5-2-1-3-6(8)4-5/h1-4H/q-1. The van der Waals surface area contributed by atoms with Crippen LogP contribution in [-0.4, -0.2) is 0 Å². The molecule has 0 N–H and O–H groups in total.